The lowest BCUT2D eigenvalue weighted by Crippen LogP contribution is -2.05. The summed E-state index contributed by atoms with van der Waals surface area (Å²) in [6, 6.07) is 6.78. The Hall–Kier alpha value is -1.81. The molecule has 0 bridgehead atoms. The Kier molecular flexibility index (Phi) is 3.67. The molecule has 1 heterocycles. The number of benzene rings is 1. The van der Waals surface area contributed by atoms with Crippen molar-refractivity contribution in [2.24, 2.45) is 0 Å². The normalized spacial score (nSPS) is 10.4. The van der Waals surface area contributed by atoms with Gasteiger partial charge in [-0.15, -0.1) is 0 Å². The fourth-order valence-electron chi connectivity index (χ4n) is 1.65. The number of esters is 1. The van der Waals surface area contributed by atoms with Crippen LogP contribution in [-0.2, 0) is 4.74 Å². The SMILES string of the molecule is CCOc1cc(C(=O)OC)nc2ccc(Cl)cc12. The lowest BCUT2D eigenvalue weighted by molar-refractivity contribution is 0.0594. The molecule has 0 atom stereocenters. The van der Waals surface area contributed by atoms with Gasteiger partial charge in [-0.3, -0.25) is 0 Å². The lowest BCUT2D eigenvalue weighted by Gasteiger charge is -2.09. The van der Waals surface area contributed by atoms with E-state index in [2.05, 4.69) is 9.72 Å². The van der Waals surface area contributed by atoms with Crippen LogP contribution in [-0.4, -0.2) is 24.7 Å². The summed E-state index contributed by atoms with van der Waals surface area (Å²) < 4.78 is 10.2. The molecule has 1 aromatic heterocycles. The third-order valence-corrected chi connectivity index (χ3v) is 2.66. The van der Waals surface area contributed by atoms with Crippen LogP contribution in [0.3, 0.4) is 0 Å². The van der Waals surface area contributed by atoms with Gasteiger partial charge < -0.3 is 9.47 Å². The molecule has 2 rings (SSSR count). The molecule has 0 saturated heterocycles. The van der Waals surface area contributed by atoms with E-state index in [-0.39, 0.29) is 5.69 Å². The number of hydrogen-bond acceptors (Lipinski definition) is 4. The first-order valence-corrected chi connectivity index (χ1v) is 5.85. The molecule has 1 aromatic carbocycles. The average molecular weight is 266 g/mol. The standard InChI is InChI=1S/C13H12ClNO3/c1-3-18-12-7-11(13(16)17-2)15-10-5-4-8(14)6-9(10)12/h4-7H,3H2,1-2H3. The second kappa shape index (κ2) is 5.23. The van der Waals surface area contributed by atoms with Gasteiger partial charge in [-0.25, -0.2) is 9.78 Å². The van der Waals surface area contributed by atoms with Crippen LogP contribution >= 0.6 is 11.6 Å². The van der Waals surface area contributed by atoms with Gasteiger partial charge in [0.25, 0.3) is 0 Å². The molecule has 5 heteroatoms. The summed E-state index contributed by atoms with van der Waals surface area (Å²) >= 11 is 5.95. The maximum absolute atomic E-state index is 11.5. The van der Waals surface area contributed by atoms with E-state index in [4.69, 9.17) is 16.3 Å². The summed E-state index contributed by atoms with van der Waals surface area (Å²) in [5.74, 6) is 0.0817. The van der Waals surface area contributed by atoms with Crippen LogP contribution < -0.4 is 4.74 Å². The first-order chi connectivity index (χ1) is 8.65. The van der Waals surface area contributed by atoms with Crippen molar-refractivity contribution in [1.82, 2.24) is 4.98 Å². The summed E-state index contributed by atoms with van der Waals surface area (Å²) in [6.07, 6.45) is 0. The second-order valence-corrected chi connectivity index (χ2v) is 4.03. The molecule has 0 aliphatic carbocycles. The first-order valence-electron chi connectivity index (χ1n) is 5.47. The van der Waals surface area contributed by atoms with Crippen molar-refractivity contribution in [3.8, 4) is 5.75 Å². The summed E-state index contributed by atoms with van der Waals surface area (Å²) in [5, 5.41) is 1.37. The van der Waals surface area contributed by atoms with Gasteiger partial charge in [0.1, 0.15) is 5.75 Å². The highest BCUT2D eigenvalue weighted by Gasteiger charge is 2.13. The molecule has 0 N–H and O–H groups in total. The number of pyridine rings is 1. The first kappa shape index (κ1) is 12.6. The number of hydrogen-bond donors (Lipinski definition) is 0. The summed E-state index contributed by atoms with van der Waals surface area (Å²) in [6.45, 7) is 2.36. The molecule has 0 aliphatic rings. The zero-order valence-electron chi connectivity index (χ0n) is 10.1. The average Bonchev–Trinajstić information content (AvgIpc) is 2.38. The van der Waals surface area contributed by atoms with Crippen LogP contribution in [0.25, 0.3) is 10.9 Å². The quantitative estimate of drug-likeness (QED) is 0.800. The third-order valence-electron chi connectivity index (χ3n) is 2.43. The Bertz CT molecular complexity index is 598. The van der Waals surface area contributed by atoms with Gasteiger partial charge >= 0.3 is 5.97 Å². The highest BCUT2D eigenvalue weighted by Crippen LogP contribution is 2.28. The van der Waals surface area contributed by atoms with Crippen LogP contribution in [0.2, 0.25) is 5.02 Å². The Morgan fingerprint density at radius 1 is 1.39 bits per heavy atom. The Balaban J connectivity index is 2.66. The van der Waals surface area contributed by atoms with E-state index < -0.39 is 5.97 Å². The predicted molar refractivity (Wildman–Crippen MR) is 69.3 cm³/mol. The van der Waals surface area contributed by atoms with E-state index in [9.17, 15) is 4.79 Å². The number of nitrogens with zero attached hydrogens (tertiary/aromatic N) is 1. The minimum absolute atomic E-state index is 0.218. The Labute approximate surface area is 109 Å². The second-order valence-electron chi connectivity index (χ2n) is 3.59. The molecule has 18 heavy (non-hydrogen) atoms. The molecule has 2 aromatic rings. The number of methoxy groups -OCH3 is 1. The van der Waals surface area contributed by atoms with Gasteiger partial charge in [0, 0.05) is 16.5 Å². The van der Waals surface area contributed by atoms with Gasteiger partial charge in [-0.05, 0) is 25.1 Å². The number of carbonyl (C=O) groups is 1. The highest BCUT2D eigenvalue weighted by atomic mass is 35.5. The van der Waals surface area contributed by atoms with Crippen molar-refractivity contribution < 1.29 is 14.3 Å². The topological polar surface area (TPSA) is 48.4 Å². The monoisotopic (exact) mass is 265 g/mol. The van der Waals surface area contributed by atoms with Crippen molar-refractivity contribution in [1.29, 1.82) is 0 Å². The number of rotatable bonds is 3. The van der Waals surface area contributed by atoms with Gasteiger partial charge in [0.05, 0.1) is 19.2 Å². The van der Waals surface area contributed by atoms with Crippen molar-refractivity contribution >= 4 is 28.5 Å². The fraction of sp³-hybridized carbons (Fsp3) is 0.231. The van der Waals surface area contributed by atoms with Gasteiger partial charge in [0.15, 0.2) is 5.69 Å². The zero-order valence-corrected chi connectivity index (χ0v) is 10.8. The number of fused-ring (bicyclic) bond motifs is 1. The lowest BCUT2D eigenvalue weighted by atomic mass is 10.2. The molecule has 0 saturated carbocycles. The van der Waals surface area contributed by atoms with Crippen LogP contribution in [0.1, 0.15) is 17.4 Å². The number of halogens is 1. The van der Waals surface area contributed by atoms with Gasteiger partial charge in [-0.2, -0.15) is 0 Å². The molecular formula is C13H12ClNO3. The molecule has 0 aliphatic heterocycles. The van der Waals surface area contributed by atoms with Crippen LogP contribution in [0.15, 0.2) is 24.3 Å². The largest absolute Gasteiger partial charge is 0.493 e. The van der Waals surface area contributed by atoms with E-state index >= 15 is 0 Å². The minimum Gasteiger partial charge on any atom is -0.493 e. The predicted octanol–water partition coefficient (Wildman–Crippen LogP) is 3.07. The maximum atomic E-state index is 11.5. The van der Waals surface area contributed by atoms with E-state index in [1.54, 1.807) is 24.3 Å². The minimum atomic E-state index is -0.493. The Morgan fingerprint density at radius 3 is 2.83 bits per heavy atom. The van der Waals surface area contributed by atoms with Gasteiger partial charge in [-0.1, -0.05) is 11.6 Å². The summed E-state index contributed by atoms with van der Waals surface area (Å²) in [7, 11) is 1.32. The smallest absolute Gasteiger partial charge is 0.356 e. The Morgan fingerprint density at radius 2 is 2.17 bits per heavy atom. The number of ether oxygens (including phenoxy) is 2. The molecule has 0 unspecified atom stereocenters. The fourth-order valence-corrected chi connectivity index (χ4v) is 1.82. The number of aromatic nitrogens is 1. The van der Waals surface area contributed by atoms with Crippen molar-refractivity contribution in [3.63, 3.8) is 0 Å². The van der Waals surface area contributed by atoms with E-state index in [1.807, 2.05) is 6.92 Å². The molecule has 0 spiro atoms. The molecular weight excluding hydrogens is 254 g/mol. The molecule has 0 radical (unpaired) electrons. The zero-order chi connectivity index (χ0) is 13.1. The van der Waals surface area contributed by atoms with E-state index in [1.165, 1.54) is 7.11 Å². The van der Waals surface area contributed by atoms with Crippen LogP contribution in [0.4, 0.5) is 0 Å². The maximum Gasteiger partial charge on any atom is 0.356 e. The van der Waals surface area contributed by atoms with Crippen LogP contribution in [0.5, 0.6) is 5.75 Å². The van der Waals surface area contributed by atoms with Crippen molar-refractivity contribution in [3.05, 3.63) is 35.0 Å². The third kappa shape index (κ3) is 2.38. The number of carbonyl (C=O) groups excluding carboxylic acids is 1. The molecule has 0 amide bonds. The van der Waals surface area contributed by atoms with E-state index in [0.717, 1.165) is 5.39 Å². The summed E-state index contributed by atoms with van der Waals surface area (Å²) in [4.78, 5) is 15.7. The highest BCUT2D eigenvalue weighted by molar-refractivity contribution is 6.31. The molecule has 4 nitrogen and oxygen atoms in total. The van der Waals surface area contributed by atoms with Gasteiger partial charge in [0.2, 0.25) is 0 Å². The van der Waals surface area contributed by atoms with Crippen molar-refractivity contribution in [2.45, 2.75) is 6.92 Å². The van der Waals surface area contributed by atoms with E-state index in [0.29, 0.717) is 22.9 Å². The van der Waals surface area contributed by atoms with Crippen molar-refractivity contribution in [2.75, 3.05) is 13.7 Å². The molecule has 94 valence electrons. The van der Waals surface area contributed by atoms with Crippen LogP contribution in [0, 0.1) is 0 Å². The summed E-state index contributed by atoms with van der Waals surface area (Å²) in [5.41, 5.74) is 0.863. The molecule has 0 fully saturated rings.